The lowest BCUT2D eigenvalue weighted by molar-refractivity contribution is -0.144. The first-order valence-electron chi connectivity index (χ1n) is 6.10. The zero-order valence-corrected chi connectivity index (χ0v) is 10.2. The molecular formula is C12H21NO3. The first kappa shape index (κ1) is 13.0. The van der Waals surface area contributed by atoms with Gasteiger partial charge in [-0.1, -0.05) is 6.92 Å². The molecule has 4 heteroatoms. The number of carbonyl (C=O) groups is 2. The topological polar surface area (TPSA) is 46.6 Å². The second-order valence-corrected chi connectivity index (χ2v) is 4.19. The van der Waals surface area contributed by atoms with Crippen LogP contribution in [-0.2, 0) is 14.3 Å². The molecule has 92 valence electrons. The smallest absolute Gasteiger partial charge is 0.306 e. The summed E-state index contributed by atoms with van der Waals surface area (Å²) in [6.07, 6.45) is 2.92. The normalized spacial score (nSPS) is 17.2. The van der Waals surface area contributed by atoms with Gasteiger partial charge in [0, 0.05) is 25.9 Å². The Balaban J connectivity index is 2.26. The fraction of sp³-hybridized carbons (Fsp3) is 0.833. The maximum Gasteiger partial charge on any atom is 0.306 e. The Morgan fingerprint density at radius 2 is 1.88 bits per heavy atom. The summed E-state index contributed by atoms with van der Waals surface area (Å²) in [4.78, 5) is 24.6. The highest BCUT2D eigenvalue weighted by Gasteiger charge is 2.23. The Labute approximate surface area is 96.9 Å². The SMILES string of the molecule is CCOC(=O)CC1CCN(C(=O)CC)CC1. The van der Waals surface area contributed by atoms with E-state index in [0.717, 1.165) is 25.9 Å². The predicted octanol–water partition coefficient (Wildman–Crippen LogP) is 1.59. The van der Waals surface area contributed by atoms with Gasteiger partial charge in [-0.05, 0) is 25.7 Å². The second-order valence-electron chi connectivity index (χ2n) is 4.19. The minimum atomic E-state index is -0.109. The lowest BCUT2D eigenvalue weighted by atomic mass is 9.93. The van der Waals surface area contributed by atoms with E-state index in [4.69, 9.17) is 4.74 Å². The molecule has 0 aromatic carbocycles. The molecular weight excluding hydrogens is 206 g/mol. The summed E-state index contributed by atoms with van der Waals surface area (Å²) in [7, 11) is 0. The van der Waals surface area contributed by atoms with Crippen molar-refractivity contribution in [2.24, 2.45) is 5.92 Å². The van der Waals surface area contributed by atoms with Gasteiger partial charge in [-0.3, -0.25) is 9.59 Å². The number of hydrogen-bond acceptors (Lipinski definition) is 3. The lowest BCUT2D eigenvalue weighted by Gasteiger charge is -2.31. The Kier molecular flexibility index (Phi) is 5.29. The minimum Gasteiger partial charge on any atom is -0.466 e. The van der Waals surface area contributed by atoms with E-state index >= 15 is 0 Å². The molecule has 1 heterocycles. The molecule has 0 atom stereocenters. The zero-order chi connectivity index (χ0) is 12.0. The van der Waals surface area contributed by atoms with E-state index in [1.54, 1.807) is 0 Å². The van der Waals surface area contributed by atoms with E-state index in [1.807, 2.05) is 18.7 Å². The third kappa shape index (κ3) is 3.83. The van der Waals surface area contributed by atoms with Gasteiger partial charge in [-0.2, -0.15) is 0 Å². The van der Waals surface area contributed by atoms with Gasteiger partial charge < -0.3 is 9.64 Å². The summed E-state index contributed by atoms with van der Waals surface area (Å²) < 4.78 is 4.92. The van der Waals surface area contributed by atoms with Crippen LogP contribution in [-0.4, -0.2) is 36.5 Å². The molecule has 1 rings (SSSR count). The van der Waals surface area contributed by atoms with Crippen molar-refractivity contribution in [2.45, 2.75) is 39.5 Å². The highest BCUT2D eigenvalue weighted by Crippen LogP contribution is 2.21. The second kappa shape index (κ2) is 6.51. The van der Waals surface area contributed by atoms with Gasteiger partial charge in [0.15, 0.2) is 0 Å². The molecule has 1 fully saturated rings. The highest BCUT2D eigenvalue weighted by molar-refractivity contribution is 5.76. The number of rotatable bonds is 4. The first-order chi connectivity index (χ1) is 7.67. The summed E-state index contributed by atoms with van der Waals surface area (Å²) in [5.74, 6) is 0.498. The maximum absolute atomic E-state index is 11.4. The monoisotopic (exact) mass is 227 g/mol. The fourth-order valence-corrected chi connectivity index (χ4v) is 2.07. The van der Waals surface area contributed by atoms with Crippen molar-refractivity contribution in [3.05, 3.63) is 0 Å². The number of likely N-dealkylation sites (tertiary alicyclic amines) is 1. The molecule has 0 aromatic heterocycles. The summed E-state index contributed by atoms with van der Waals surface area (Å²) in [5, 5.41) is 0. The number of ether oxygens (including phenoxy) is 1. The summed E-state index contributed by atoms with van der Waals surface area (Å²) >= 11 is 0. The van der Waals surface area contributed by atoms with E-state index in [0.29, 0.717) is 25.4 Å². The molecule has 0 radical (unpaired) electrons. The third-order valence-corrected chi connectivity index (χ3v) is 3.03. The van der Waals surface area contributed by atoms with E-state index < -0.39 is 0 Å². The molecule has 0 aromatic rings. The van der Waals surface area contributed by atoms with Crippen LogP contribution in [0.2, 0.25) is 0 Å². The van der Waals surface area contributed by atoms with Crippen molar-refractivity contribution >= 4 is 11.9 Å². The Morgan fingerprint density at radius 1 is 1.25 bits per heavy atom. The molecule has 16 heavy (non-hydrogen) atoms. The largest absolute Gasteiger partial charge is 0.466 e. The van der Waals surface area contributed by atoms with E-state index in [9.17, 15) is 9.59 Å². The van der Waals surface area contributed by atoms with E-state index in [1.165, 1.54) is 0 Å². The Morgan fingerprint density at radius 3 is 2.38 bits per heavy atom. The van der Waals surface area contributed by atoms with Crippen LogP contribution < -0.4 is 0 Å². The van der Waals surface area contributed by atoms with Crippen molar-refractivity contribution in [1.82, 2.24) is 4.90 Å². The average Bonchev–Trinajstić information content (AvgIpc) is 2.29. The van der Waals surface area contributed by atoms with Crippen molar-refractivity contribution in [3.63, 3.8) is 0 Å². The van der Waals surface area contributed by atoms with E-state index in [2.05, 4.69) is 0 Å². The molecule has 0 spiro atoms. The van der Waals surface area contributed by atoms with Crippen LogP contribution >= 0.6 is 0 Å². The van der Waals surface area contributed by atoms with Crippen LogP contribution in [0.1, 0.15) is 39.5 Å². The van der Waals surface area contributed by atoms with Crippen LogP contribution in [0, 0.1) is 5.92 Å². The molecule has 0 saturated carbocycles. The third-order valence-electron chi connectivity index (χ3n) is 3.03. The van der Waals surface area contributed by atoms with Gasteiger partial charge in [0.2, 0.25) is 5.91 Å². The van der Waals surface area contributed by atoms with Crippen LogP contribution in [0.5, 0.6) is 0 Å². The van der Waals surface area contributed by atoms with E-state index in [-0.39, 0.29) is 11.9 Å². The molecule has 1 amide bonds. The summed E-state index contributed by atoms with van der Waals surface area (Å²) in [6, 6.07) is 0. The van der Waals surface area contributed by atoms with Crippen LogP contribution in [0.15, 0.2) is 0 Å². The van der Waals surface area contributed by atoms with Crippen molar-refractivity contribution in [3.8, 4) is 0 Å². The van der Waals surface area contributed by atoms with Crippen LogP contribution in [0.3, 0.4) is 0 Å². The molecule has 1 aliphatic rings. The quantitative estimate of drug-likeness (QED) is 0.685. The van der Waals surface area contributed by atoms with Gasteiger partial charge in [0.1, 0.15) is 0 Å². The van der Waals surface area contributed by atoms with Gasteiger partial charge in [-0.25, -0.2) is 0 Å². The maximum atomic E-state index is 11.4. The van der Waals surface area contributed by atoms with Crippen molar-refractivity contribution in [1.29, 1.82) is 0 Å². The number of hydrogen-bond donors (Lipinski definition) is 0. The molecule has 1 saturated heterocycles. The minimum absolute atomic E-state index is 0.109. The Hall–Kier alpha value is -1.06. The number of piperidine rings is 1. The zero-order valence-electron chi connectivity index (χ0n) is 10.2. The number of nitrogens with zero attached hydrogens (tertiary/aromatic N) is 1. The number of carbonyl (C=O) groups excluding carboxylic acids is 2. The molecule has 4 nitrogen and oxygen atoms in total. The number of amides is 1. The van der Waals surface area contributed by atoms with Crippen LogP contribution in [0.4, 0.5) is 0 Å². The van der Waals surface area contributed by atoms with Gasteiger partial charge >= 0.3 is 5.97 Å². The van der Waals surface area contributed by atoms with Gasteiger partial charge in [0.05, 0.1) is 6.61 Å². The Bertz CT molecular complexity index is 245. The average molecular weight is 227 g/mol. The van der Waals surface area contributed by atoms with Gasteiger partial charge in [0.25, 0.3) is 0 Å². The predicted molar refractivity (Wildman–Crippen MR) is 60.8 cm³/mol. The van der Waals surface area contributed by atoms with Gasteiger partial charge in [-0.15, -0.1) is 0 Å². The molecule has 0 aliphatic carbocycles. The summed E-state index contributed by atoms with van der Waals surface area (Å²) in [6.45, 7) is 5.73. The molecule has 1 aliphatic heterocycles. The molecule has 0 N–H and O–H groups in total. The standard InChI is InChI=1S/C12H21NO3/c1-3-11(14)13-7-5-10(6-8-13)9-12(15)16-4-2/h10H,3-9H2,1-2H3. The number of esters is 1. The van der Waals surface area contributed by atoms with Crippen molar-refractivity contribution < 1.29 is 14.3 Å². The van der Waals surface area contributed by atoms with Crippen LogP contribution in [0.25, 0.3) is 0 Å². The molecule has 0 unspecified atom stereocenters. The molecule has 0 bridgehead atoms. The summed E-state index contributed by atoms with van der Waals surface area (Å²) in [5.41, 5.74) is 0. The lowest BCUT2D eigenvalue weighted by Crippen LogP contribution is -2.38. The fourth-order valence-electron chi connectivity index (χ4n) is 2.07. The van der Waals surface area contributed by atoms with Crippen molar-refractivity contribution in [2.75, 3.05) is 19.7 Å². The highest BCUT2D eigenvalue weighted by atomic mass is 16.5. The first-order valence-corrected chi connectivity index (χ1v) is 6.10.